The van der Waals surface area contributed by atoms with Crippen LogP contribution in [0.25, 0.3) is 10.9 Å². The van der Waals surface area contributed by atoms with E-state index in [2.05, 4.69) is 16.8 Å². The van der Waals surface area contributed by atoms with Gasteiger partial charge >= 0.3 is 0 Å². The number of ether oxygens (including phenoxy) is 1. The predicted octanol–water partition coefficient (Wildman–Crippen LogP) is 1.83. The molecule has 3 nitrogen and oxygen atoms in total. The van der Waals surface area contributed by atoms with E-state index >= 15 is 0 Å². The van der Waals surface area contributed by atoms with Gasteiger partial charge in [-0.15, -0.1) is 0 Å². The van der Waals surface area contributed by atoms with E-state index in [9.17, 15) is 4.79 Å². The molecular weight excluding hydrogens is 214 g/mol. The predicted molar refractivity (Wildman–Crippen MR) is 68.1 cm³/mol. The van der Waals surface area contributed by atoms with Crippen LogP contribution in [0.3, 0.4) is 0 Å². The maximum Gasteiger partial charge on any atom is 0.264 e. The third kappa shape index (κ3) is 2.22. The molecule has 0 aliphatic rings. The molecule has 0 aliphatic heterocycles. The largest absolute Gasteiger partial charge is 0.372 e. The molecule has 2 aromatic rings. The Balaban J connectivity index is 2.65. The average Bonchev–Trinajstić information content (AvgIpc) is 2.33. The summed E-state index contributed by atoms with van der Waals surface area (Å²) in [7, 11) is 1.58. The molecule has 2 rings (SSSR count). The topological polar surface area (TPSA) is 42.1 Å². The van der Waals surface area contributed by atoms with Gasteiger partial charge < -0.3 is 9.72 Å². The number of rotatable bonds is 1. The lowest BCUT2D eigenvalue weighted by atomic mass is 10.1. The molecule has 0 fully saturated rings. The van der Waals surface area contributed by atoms with E-state index in [0.29, 0.717) is 12.2 Å². The van der Waals surface area contributed by atoms with Crippen LogP contribution >= 0.6 is 0 Å². The standard InChI is InChI=1S/C14H13NO2/c1-10-11-6-3-4-8-13(11)15-14(16)12(10)7-5-9-17-2/h3-4,6,8H,9H2,1-2H3,(H,15,16). The van der Waals surface area contributed by atoms with E-state index in [0.717, 1.165) is 16.5 Å². The second kappa shape index (κ2) is 4.86. The van der Waals surface area contributed by atoms with Gasteiger partial charge in [-0.1, -0.05) is 30.0 Å². The fourth-order valence-electron chi connectivity index (χ4n) is 1.76. The summed E-state index contributed by atoms with van der Waals surface area (Å²) in [5.74, 6) is 5.66. The van der Waals surface area contributed by atoms with Crippen molar-refractivity contribution < 1.29 is 4.74 Å². The van der Waals surface area contributed by atoms with E-state index in [-0.39, 0.29) is 5.56 Å². The number of hydrogen-bond acceptors (Lipinski definition) is 2. The van der Waals surface area contributed by atoms with Crippen molar-refractivity contribution in [2.24, 2.45) is 0 Å². The van der Waals surface area contributed by atoms with Crippen LogP contribution in [0.2, 0.25) is 0 Å². The van der Waals surface area contributed by atoms with Crippen molar-refractivity contribution in [1.29, 1.82) is 0 Å². The van der Waals surface area contributed by atoms with Gasteiger partial charge in [-0.05, 0) is 18.6 Å². The minimum absolute atomic E-state index is 0.148. The van der Waals surface area contributed by atoms with E-state index in [1.807, 2.05) is 31.2 Å². The molecule has 0 unspecified atom stereocenters. The Hall–Kier alpha value is -2.05. The SMILES string of the molecule is COCC#Cc1c(C)c2ccccc2[nH]c1=O. The zero-order valence-electron chi connectivity index (χ0n) is 9.83. The molecule has 0 bridgehead atoms. The summed E-state index contributed by atoms with van der Waals surface area (Å²) in [5, 5.41) is 1.02. The summed E-state index contributed by atoms with van der Waals surface area (Å²) in [6, 6.07) is 7.70. The number of para-hydroxylation sites is 1. The van der Waals surface area contributed by atoms with E-state index in [1.165, 1.54) is 0 Å². The van der Waals surface area contributed by atoms with Crippen LogP contribution in [0, 0.1) is 18.8 Å². The first kappa shape index (κ1) is 11.4. The molecule has 1 aromatic carbocycles. The Morgan fingerprint density at radius 2 is 2.12 bits per heavy atom. The molecule has 0 aliphatic carbocycles. The molecule has 1 heterocycles. The molecule has 0 amide bonds. The zero-order chi connectivity index (χ0) is 12.3. The first-order valence-electron chi connectivity index (χ1n) is 5.33. The lowest BCUT2D eigenvalue weighted by molar-refractivity contribution is 0.240. The first-order valence-corrected chi connectivity index (χ1v) is 5.33. The molecular formula is C14H13NO2. The van der Waals surface area contributed by atoms with Crippen LogP contribution in [0.4, 0.5) is 0 Å². The highest BCUT2D eigenvalue weighted by Gasteiger charge is 2.05. The van der Waals surface area contributed by atoms with Crippen molar-refractivity contribution in [3.63, 3.8) is 0 Å². The number of aryl methyl sites for hydroxylation is 1. The highest BCUT2D eigenvalue weighted by molar-refractivity contribution is 5.83. The highest BCUT2D eigenvalue weighted by atomic mass is 16.5. The van der Waals surface area contributed by atoms with Crippen molar-refractivity contribution in [3.05, 3.63) is 45.7 Å². The molecule has 0 atom stereocenters. The van der Waals surface area contributed by atoms with E-state index < -0.39 is 0 Å². The summed E-state index contributed by atoms with van der Waals surface area (Å²) in [4.78, 5) is 14.7. The molecule has 0 spiro atoms. The van der Waals surface area contributed by atoms with Crippen molar-refractivity contribution in [1.82, 2.24) is 4.98 Å². The molecule has 0 saturated carbocycles. The lowest BCUT2D eigenvalue weighted by Gasteiger charge is -2.03. The normalized spacial score (nSPS) is 10.0. The highest BCUT2D eigenvalue weighted by Crippen LogP contribution is 2.15. The Labute approximate surface area is 99.4 Å². The number of aromatic amines is 1. The maximum atomic E-state index is 11.8. The number of fused-ring (bicyclic) bond motifs is 1. The zero-order valence-corrected chi connectivity index (χ0v) is 9.83. The van der Waals surface area contributed by atoms with Gasteiger partial charge in [0.05, 0.1) is 5.56 Å². The quantitative estimate of drug-likeness (QED) is 0.755. The average molecular weight is 227 g/mol. The third-order valence-electron chi connectivity index (χ3n) is 2.61. The Kier molecular flexibility index (Phi) is 3.27. The van der Waals surface area contributed by atoms with Gasteiger partial charge in [0.2, 0.25) is 0 Å². The molecule has 17 heavy (non-hydrogen) atoms. The molecule has 1 N–H and O–H groups in total. The lowest BCUT2D eigenvalue weighted by Crippen LogP contribution is -2.12. The van der Waals surface area contributed by atoms with Crippen LogP contribution in [-0.4, -0.2) is 18.7 Å². The molecule has 3 heteroatoms. The fraction of sp³-hybridized carbons (Fsp3) is 0.214. The number of methoxy groups -OCH3 is 1. The van der Waals surface area contributed by atoms with Gasteiger partial charge in [0, 0.05) is 18.0 Å². The van der Waals surface area contributed by atoms with Crippen molar-refractivity contribution in [3.8, 4) is 11.8 Å². The molecule has 1 aromatic heterocycles. The number of H-pyrrole nitrogens is 1. The minimum atomic E-state index is -0.148. The van der Waals surface area contributed by atoms with Crippen LogP contribution in [0.1, 0.15) is 11.1 Å². The second-order valence-electron chi connectivity index (χ2n) is 3.73. The van der Waals surface area contributed by atoms with E-state index in [4.69, 9.17) is 4.74 Å². The number of aromatic nitrogens is 1. The fourth-order valence-corrected chi connectivity index (χ4v) is 1.76. The van der Waals surface area contributed by atoms with Gasteiger partial charge in [-0.3, -0.25) is 4.79 Å². The maximum absolute atomic E-state index is 11.8. The molecule has 0 saturated heterocycles. The third-order valence-corrected chi connectivity index (χ3v) is 2.61. The minimum Gasteiger partial charge on any atom is -0.372 e. The van der Waals surface area contributed by atoms with Crippen molar-refractivity contribution in [2.75, 3.05) is 13.7 Å². The Morgan fingerprint density at radius 3 is 2.88 bits per heavy atom. The number of pyridine rings is 1. The van der Waals surface area contributed by atoms with Crippen LogP contribution in [0.5, 0.6) is 0 Å². The summed E-state index contributed by atoms with van der Waals surface area (Å²) < 4.78 is 4.84. The molecule has 0 radical (unpaired) electrons. The summed E-state index contributed by atoms with van der Waals surface area (Å²) in [6.07, 6.45) is 0. The van der Waals surface area contributed by atoms with Crippen molar-refractivity contribution in [2.45, 2.75) is 6.92 Å². The summed E-state index contributed by atoms with van der Waals surface area (Å²) >= 11 is 0. The van der Waals surface area contributed by atoms with Crippen LogP contribution < -0.4 is 5.56 Å². The van der Waals surface area contributed by atoms with E-state index in [1.54, 1.807) is 7.11 Å². The van der Waals surface area contributed by atoms with Gasteiger partial charge in [0.1, 0.15) is 6.61 Å². The summed E-state index contributed by atoms with van der Waals surface area (Å²) in [6.45, 7) is 2.24. The van der Waals surface area contributed by atoms with Gasteiger partial charge in [-0.2, -0.15) is 0 Å². The number of nitrogens with one attached hydrogen (secondary N) is 1. The first-order chi connectivity index (χ1) is 8.24. The summed E-state index contributed by atoms with van der Waals surface area (Å²) in [5.41, 5.74) is 2.12. The monoisotopic (exact) mass is 227 g/mol. The van der Waals surface area contributed by atoms with Crippen LogP contribution in [0.15, 0.2) is 29.1 Å². The van der Waals surface area contributed by atoms with Crippen LogP contribution in [-0.2, 0) is 4.74 Å². The number of hydrogen-bond donors (Lipinski definition) is 1. The smallest absolute Gasteiger partial charge is 0.264 e. The van der Waals surface area contributed by atoms with Gasteiger partial charge in [0.25, 0.3) is 5.56 Å². The Morgan fingerprint density at radius 1 is 1.35 bits per heavy atom. The van der Waals surface area contributed by atoms with Crippen molar-refractivity contribution >= 4 is 10.9 Å². The van der Waals surface area contributed by atoms with Gasteiger partial charge in [-0.25, -0.2) is 0 Å². The van der Waals surface area contributed by atoms with Gasteiger partial charge in [0.15, 0.2) is 0 Å². The molecule has 86 valence electrons. The number of benzene rings is 1. The Bertz CT molecular complexity index is 659. The second-order valence-corrected chi connectivity index (χ2v) is 3.73.